The number of carbonyl (C=O) groups is 2. The molecule has 0 aliphatic heterocycles. The minimum atomic E-state index is -0.644. The van der Waals surface area contributed by atoms with Gasteiger partial charge in [0.1, 0.15) is 12.0 Å². The van der Waals surface area contributed by atoms with Gasteiger partial charge in [-0.25, -0.2) is 9.78 Å². The van der Waals surface area contributed by atoms with Crippen molar-refractivity contribution >= 4 is 29.0 Å². The molecule has 18 heavy (non-hydrogen) atoms. The molecule has 0 fully saturated rings. The molecule has 1 aromatic heterocycles. The molecule has 92 valence electrons. The molecule has 0 aliphatic carbocycles. The zero-order valence-corrected chi connectivity index (χ0v) is 10.0. The Morgan fingerprint density at radius 2 is 2.17 bits per heavy atom. The van der Waals surface area contributed by atoms with E-state index in [0.29, 0.717) is 23.0 Å². The molecule has 0 bridgehead atoms. The van der Waals surface area contributed by atoms with Gasteiger partial charge in [0.15, 0.2) is 5.82 Å². The molecule has 0 saturated carbocycles. The molecule has 0 aliphatic rings. The number of carbonyl (C=O) groups excluding carboxylic acids is 2. The van der Waals surface area contributed by atoms with Crippen LogP contribution in [0.25, 0.3) is 0 Å². The van der Waals surface area contributed by atoms with E-state index in [-0.39, 0.29) is 6.42 Å². The normalized spacial score (nSPS) is 9.78. The van der Waals surface area contributed by atoms with Crippen LogP contribution in [0.2, 0.25) is 0 Å². The lowest BCUT2D eigenvalue weighted by Crippen LogP contribution is -2.16. The molecule has 1 heterocycles. The molecular formula is C11H9N3O3S. The van der Waals surface area contributed by atoms with Gasteiger partial charge in [0, 0.05) is 11.5 Å². The molecule has 1 amide bonds. The van der Waals surface area contributed by atoms with E-state index >= 15 is 0 Å². The zero-order valence-electron chi connectivity index (χ0n) is 9.20. The highest BCUT2D eigenvalue weighted by molar-refractivity contribution is 7.09. The van der Waals surface area contributed by atoms with E-state index in [1.807, 2.05) is 6.07 Å². The second-order valence-electron chi connectivity index (χ2n) is 3.21. The Hall–Kier alpha value is -2.28. The van der Waals surface area contributed by atoms with Crippen LogP contribution >= 0.6 is 11.5 Å². The molecule has 0 atom stereocenters. The van der Waals surface area contributed by atoms with Crippen LogP contribution in [0, 0.1) is 0 Å². The summed E-state index contributed by atoms with van der Waals surface area (Å²) < 4.78 is 8.90. The number of aldehydes is 1. The maximum absolute atomic E-state index is 11.5. The Morgan fingerprint density at radius 1 is 1.39 bits per heavy atom. The van der Waals surface area contributed by atoms with E-state index in [1.54, 1.807) is 24.3 Å². The predicted molar refractivity (Wildman–Crippen MR) is 65.8 cm³/mol. The van der Waals surface area contributed by atoms with Crippen LogP contribution in [0.5, 0.6) is 5.75 Å². The number of nitrogens with zero attached hydrogens (tertiary/aromatic N) is 2. The molecule has 2 rings (SSSR count). The molecule has 0 saturated heterocycles. The van der Waals surface area contributed by atoms with Crippen LogP contribution in [-0.4, -0.2) is 21.7 Å². The number of rotatable bonds is 4. The van der Waals surface area contributed by atoms with E-state index in [9.17, 15) is 9.59 Å². The molecule has 0 radical (unpaired) electrons. The minimum Gasteiger partial charge on any atom is -0.410 e. The summed E-state index contributed by atoms with van der Waals surface area (Å²) in [4.78, 5) is 25.7. The summed E-state index contributed by atoms with van der Waals surface area (Å²) in [5.41, 5.74) is 0. The predicted octanol–water partition coefficient (Wildman–Crippen LogP) is 1.89. The summed E-state index contributed by atoms with van der Waals surface area (Å²) in [6, 6.07) is 8.67. The lowest BCUT2D eigenvalue weighted by atomic mass is 10.3. The summed E-state index contributed by atoms with van der Waals surface area (Å²) >= 11 is 0.996. The number of aromatic nitrogens is 2. The highest BCUT2D eigenvalue weighted by atomic mass is 32.1. The van der Waals surface area contributed by atoms with Gasteiger partial charge in [-0.3, -0.25) is 5.32 Å². The Labute approximate surface area is 107 Å². The fraction of sp³-hybridized carbons (Fsp3) is 0.0909. The standard InChI is InChI=1S/C11H9N3O3S/c15-7-6-9-12-10(18-14-9)13-11(16)17-8-4-2-1-3-5-8/h1-5,7H,6H2,(H,12,13,14,16). The second-order valence-corrected chi connectivity index (χ2v) is 3.97. The van der Waals surface area contributed by atoms with Crippen LogP contribution in [0.3, 0.4) is 0 Å². The van der Waals surface area contributed by atoms with E-state index in [4.69, 9.17) is 4.74 Å². The number of benzene rings is 1. The molecule has 0 unspecified atom stereocenters. The van der Waals surface area contributed by atoms with Crippen molar-refractivity contribution < 1.29 is 14.3 Å². The van der Waals surface area contributed by atoms with Gasteiger partial charge < -0.3 is 9.53 Å². The summed E-state index contributed by atoms with van der Waals surface area (Å²) in [5.74, 6) is 0.817. The lowest BCUT2D eigenvalue weighted by Gasteiger charge is -2.02. The third-order valence-electron chi connectivity index (χ3n) is 1.90. The number of para-hydroxylation sites is 1. The Bertz CT molecular complexity index is 541. The third kappa shape index (κ3) is 3.36. The van der Waals surface area contributed by atoms with Crippen LogP contribution in [0.15, 0.2) is 30.3 Å². The number of ether oxygens (including phenoxy) is 1. The molecule has 1 aromatic carbocycles. The van der Waals surface area contributed by atoms with Gasteiger partial charge in [0.2, 0.25) is 5.13 Å². The highest BCUT2D eigenvalue weighted by Crippen LogP contribution is 2.13. The van der Waals surface area contributed by atoms with E-state index in [0.717, 1.165) is 11.5 Å². The number of anilines is 1. The second kappa shape index (κ2) is 5.87. The maximum atomic E-state index is 11.5. The van der Waals surface area contributed by atoms with Gasteiger partial charge >= 0.3 is 6.09 Å². The average Bonchev–Trinajstić information content (AvgIpc) is 2.78. The van der Waals surface area contributed by atoms with E-state index in [2.05, 4.69) is 14.7 Å². The van der Waals surface area contributed by atoms with Crippen molar-refractivity contribution in [1.29, 1.82) is 0 Å². The largest absolute Gasteiger partial charge is 0.418 e. The molecule has 2 aromatic rings. The van der Waals surface area contributed by atoms with Crippen molar-refractivity contribution in [1.82, 2.24) is 9.36 Å². The van der Waals surface area contributed by atoms with Crippen molar-refractivity contribution in [2.24, 2.45) is 0 Å². The highest BCUT2D eigenvalue weighted by Gasteiger charge is 2.09. The van der Waals surface area contributed by atoms with Gasteiger partial charge in [0.25, 0.3) is 0 Å². The van der Waals surface area contributed by atoms with Crippen molar-refractivity contribution in [2.45, 2.75) is 6.42 Å². The van der Waals surface area contributed by atoms with Crippen LogP contribution in [-0.2, 0) is 11.2 Å². The van der Waals surface area contributed by atoms with E-state index in [1.165, 1.54) is 0 Å². The Morgan fingerprint density at radius 3 is 2.89 bits per heavy atom. The number of hydrogen-bond donors (Lipinski definition) is 1. The number of nitrogens with one attached hydrogen (secondary N) is 1. The summed E-state index contributed by atoms with van der Waals surface area (Å²) in [5, 5.41) is 2.74. The smallest absolute Gasteiger partial charge is 0.410 e. The van der Waals surface area contributed by atoms with Crippen LogP contribution < -0.4 is 10.1 Å². The van der Waals surface area contributed by atoms with Crippen molar-refractivity contribution in [3.63, 3.8) is 0 Å². The van der Waals surface area contributed by atoms with Crippen molar-refractivity contribution in [3.8, 4) is 5.75 Å². The lowest BCUT2D eigenvalue weighted by molar-refractivity contribution is -0.107. The van der Waals surface area contributed by atoms with Gasteiger partial charge in [0.05, 0.1) is 6.42 Å². The van der Waals surface area contributed by atoms with Gasteiger partial charge in [-0.05, 0) is 12.1 Å². The van der Waals surface area contributed by atoms with E-state index < -0.39 is 6.09 Å². The first kappa shape index (κ1) is 12.2. The average molecular weight is 263 g/mol. The molecular weight excluding hydrogens is 254 g/mol. The molecule has 1 N–H and O–H groups in total. The first-order chi connectivity index (χ1) is 8.78. The number of amides is 1. The first-order valence-electron chi connectivity index (χ1n) is 5.08. The quantitative estimate of drug-likeness (QED) is 0.852. The van der Waals surface area contributed by atoms with Gasteiger partial charge in [-0.2, -0.15) is 4.37 Å². The fourth-order valence-electron chi connectivity index (χ4n) is 1.17. The van der Waals surface area contributed by atoms with Crippen molar-refractivity contribution in [3.05, 3.63) is 36.2 Å². The summed E-state index contributed by atoms with van der Waals surface area (Å²) in [6.07, 6.45) is 0.190. The third-order valence-corrected chi connectivity index (χ3v) is 2.57. The molecule has 0 spiro atoms. The monoisotopic (exact) mass is 263 g/mol. The fourth-order valence-corrected chi connectivity index (χ4v) is 1.75. The molecule has 7 heteroatoms. The van der Waals surface area contributed by atoms with Gasteiger partial charge in [-0.1, -0.05) is 18.2 Å². The first-order valence-corrected chi connectivity index (χ1v) is 5.85. The molecule has 6 nitrogen and oxygen atoms in total. The number of hydrogen-bond acceptors (Lipinski definition) is 6. The summed E-state index contributed by atoms with van der Waals surface area (Å²) in [7, 11) is 0. The minimum absolute atomic E-state index is 0.131. The van der Waals surface area contributed by atoms with Crippen LogP contribution in [0.4, 0.5) is 9.93 Å². The Balaban J connectivity index is 1.92. The topological polar surface area (TPSA) is 81.2 Å². The SMILES string of the molecule is O=CCc1nsc(NC(=O)Oc2ccccc2)n1. The van der Waals surface area contributed by atoms with Crippen molar-refractivity contribution in [2.75, 3.05) is 5.32 Å². The Kier molecular flexibility index (Phi) is 3.98. The summed E-state index contributed by atoms with van der Waals surface area (Å²) in [6.45, 7) is 0. The maximum Gasteiger partial charge on any atom is 0.418 e. The van der Waals surface area contributed by atoms with Gasteiger partial charge in [-0.15, -0.1) is 0 Å². The zero-order chi connectivity index (χ0) is 12.8. The van der Waals surface area contributed by atoms with Crippen LogP contribution in [0.1, 0.15) is 5.82 Å².